The van der Waals surface area contributed by atoms with Crippen LogP contribution in [0.1, 0.15) is 37.3 Å². The van der Waals surface area contributed by atoms with Gasteiger partial charge in [0.2, 0.25) is 0 Å². The molecule has 1 aromatic rings. The van der Waals surface area contributed by atoms with E-state index in [1.807, 2.05) is 6.07 Å². The van der Waals surface area contributed by atoms with Gasteiger partial charge < -0.3 is 5.73 Å². The molecule has 0 aliphatic heterocycles. The van der Waals surface area contributed by atoms with E-state index < -0.39 is 10.8 Å². The van der Waals surface area contributed by atoms with Crippen molar-refractivity contribution in [2.45, 2.75) is 38.5 Å². The Morgan fingerprint density at radius 2 is 1.94 bits per heavy atom. The zero-order valence-electron chi connectivity index (χ0n) is 10.2. The summed E-state index contributed by atoms with van der Waals surface area (Å²) in [6.45, 7) is 2.43. The van der Waals surface area contributed by atoms with Gasteiger partial charge in [-0.3, -0.25) is 4.21 Å². The van der Waals surface area contributed by atoms with Gasteiger partial charge in [0, 0.05) is 28.9 Å². The van der Waals surface area contributed by atoms with Crippen LogP contribution < -0.4 is 5.73 Å². The minimum Gasteiger partial charge on any atom is -0.326 e. The summed E-state index contributed by atoms with van der Waals surface area (Å²) in [5.41, 5.74) is 7.01. The quantitative estimate of drug-likeness (QED) is 0.763. The molecule has 0 aliphatic rings. The summed E-state index contributed by atoms with van der Waals surface area (Å²) in [5, 5.41) is 0. The zero-order chi connectivity index (χ0) is 12.7. The van der Waals surface area contributed by atoms with Crippen LogP contribution in [0.25, 0.3) is 0 Å². The largest absolute Gasteiger partial charge is 0.326 e. The Labute approximate surface area is 105 Å². The molecule has 0 spiro atoms. The van der Waals surface area contributed by atoms with Crippen molar-refractivity contribution in [1.29, 1.82) is 0 Å². The third-order valence-electron chi connectivity index (χ3n) is 2.56. The monoisotopic (exact) mass is 257 g/mol. The maximum absolute atomic E-state index is 13.2. The van der Waals surface area contributed by atoms with Crippen molar-refractivity contribution in [2.24, 2.45) is 5.73 Å². The van der Waals surface area contributed by atoms with Gasteiger partial charge >= 0.3 is 0 Å². The first kappa shape index (κ1) is 14.3. The van der Waals surface area contributed by atoms with Crippen molar-refractivity contribution in [3.05, 3.63) is 35.1 Å². The van der Waals surface area contributed by atoms with Crippen LogP contribution >= 0.6 is 0 Å². The normalized spacial score (nSPS) is 12.6. The molecule has 0 amide bonds. The molecule has 0 bridgehead atoms. The molecule has 2 nitrogen and oxygen atoms in total. The molecule has 2 N–H and O–H groups in total. The van der Waals surface area contributed by atoms with Crippen LogP contribution in [0, 0.1) is 5.82 Å². The summed E-state index contributed by atoms with van der Waals surface area (Å²) < 4.78 is 25.0. The van der Waals surface area contributed by atoms with Gasteiger partial charge in [0.1, 0.15) is 5.82 Å². The first-order chi connectivity index (χ1) is 8.15. The van der Waals surface area contributed by atoms with Crippen molar-refractivity contribution in [3.63, 3.8) is 0 Å². The van der Waals surface area contributed by atoms with Gasteiger partial charge in [-0.1, -0.05) is 25.8 Å². The van der Waals surface area contributed by atoms with Crippen LogP contribution in [0.5, 0.6) is 0 Å². The highest BCUT2D eigenvalue weighted by Gasteiger charge is 2.05. The van der Waals surface area contributed by atoms with Gasteiger partial charge in [-0.2, -0.15) is 0 Å². The van der Waals surface area contributed by atoms with Gasteiger partial charge in [0.05, 0.1) is 0 Å². The predicted molar refractivity (Wildman–Crippen MR) is 70.5 cm³/mol. The molecule has 0 aliphatic carbocycles. The maximum atomic E-state index is 13.2. The van der Waals surface area contributed by atoms with E-state index in [-0.39, 0.29) is 5.82 Å². The Balaban J connectivity index is 2.55. The van der Waals surface area contributed by atoms with E-state index in [0.717, 1.165) is 30.4 Å². The molecular formula is C13H20FNOS. The first-order valence-corrected chi connectivity index (χ1v) is 7.48. The molecule has 0 saturated carbocycles. The number of benzene rings is 1. The summed E-state index contributed by atoms with van der Waals surface area (Å²) in [5.74, 6) is 0.824. The van der Waals surface area contributed by atoms with Crippen molar-refractivity contribution in [2.75, 3.05) is 5.75 Å². The molecule has 96 valence electrons. The van der Waals surface area contributed by atoms with E-state index in [1.165, 1.54) is 12.1 Å². The minimum absolute atomic E-state index is 0.298. The third-order valence-corrected chi connectivity index (χ3v) is 3.96. The molecule has 1 rings (SSSR count). The second-order valence-electron chi connectivity index (χ2n) is 4.17. The molecule has 0 heterocycles. The van der Waals surface area contributed by atoms with Gasteiger partial charge in [-0.25, -0.2) is 4.39 Å². The number of rotatable bonds is 7. The predicted octanol–water partition coefficient (Wildman–Crippen LogP) is 2.72. The van der Waals surface area contributed by atoms with Crippen LogP contribution in [0.3, 0.4) is 0 Å². The van der Waals surface area contributed by atoms with E-state index >= 15 is 0 Å². The molecule has 0 radical (unpaired) electrons. The number of hydrogen-bond donors (Lipinski definition) is 1. The lowest BCUT2D eigenvalue weighted by Gasteiger charge is -2.05. The highest BCUT2D eigenvalue weighted by atomic mass is 32.2. The second kappa shape index (κ2) is 7.56. The molecule has 0 aromatic heterocycles. The van der Waals surface area contributed by atoms with Gasteiger partial charge in [0.15, 0.2) is 0 Å². The van der Waals surface area contributed by atoms with Crippen LogP contribution in [-0.4, -0.2) is 9.96 Å². The Bertz CT molecular complexity index is 382. The summed E-state index contributed by atoms with van der Waals surface area (Å²) in [7, 11) is -0.898. The fraction of sp³-hybridized carbons (Fsp3) is 0.538. The van der Waals surface area contributed by atoms with E-state index in [0.29, 0.717) is 18.1 Å². The molecule has 1 aromatic carbocycles. The molecule has 0 fully saturated rings. The molecule has 17 heavy (non-hydrogen) atoms. The van der Waals surface area contributed by atoms with Crippen molar-refractivity contribution < 1.29 is 8.60 Å². The maximum Gasteiger partial charge on any atom is 0.123 e. The highest BCUT2D eigenvalue weighted by Crippen LogP contribution is 2.12. The lowest BCUT2D eigenvalue weighted by atomic mass is 10.1. The molecule has 1 unspecified atom stereocenters. The summed E-state index contributed by atoms with van der Waals surface area (Å²) in [4.78, 5) is 0. The van der Waals surface area contributed by atoms with E-state index in [2.05, 4.69) is 6.92 Å². The lowest BCUT2D eigenvalue weighted by molar-refractivity contribution is 0.623. The van der Waals surface area contributed by atoms with E-state index in [1.54, 1.807) is 0 Å². The van der Waals surface area contributed by atoms with Crippen molar-refractivity contribution in [1.82, 2.24) is 0 Å². The Hall–Kier alpha value is -0.740. The average molecular weight is 257 g/mol. The number of hydrogen-bond acceptors (Lipinski definition) is 2. The smallest absolute Gasteiger partial charge is 0.123 e. The molecule has 1 atom stereocenters. The van der Waals surface area contributed by atoms with Gasteiger partial charge in [-0.15, -0.1) is 0 Å². The van der Waals surface area contributed by atoms with Crippen LogP contribution in [0.15, 0.2) is 18.2 Å². The molecule has 0 saturated heterocycles. The number of halogens is 1. The zero-order valence-corrected chi connectivity index (χ0v) is 11.1. The summed E-state index contributed by atoms with van der Waals surface area (Å²) in [6, 6.07) is 4.70. The fourth-order valence-electron chi connectivity index (χ4n) is 1.69. The first-order valence-electron chi connectivity index (χ1n) is 5.99. The lowest BCUT2D eigenvalue weighted by Crippen LogP contribution is -2.03. The number of nitrogens with two attached hydrogens (primary N) is 1. The van der Waals surface area contributed by atoms with Gasteiger partial charge in [-0.05, 0) is 29.7 Å². The summed E-state index contributed by atoms with van der Waals surface area (Å²) in [6.07, 6.45) is 3.19. The van der Waals surface area contributed by atoms with Crippen LogP contribution in [0.2, 0.25) is 0 Å². The molecular weight excluding hydrogens is 237 g/mol. The minimum atomic E-state index is -0.898. The average Bonchev–Trinajstić information content (AvgIpc) is 2.28. The van der Waals surface area contributed by atoms with E-state index in [4.69, 9.17) is 5.73 Å². The highest BCUT2D eigenvalue weighted by molar-refractivity contribution is 7.84. The summed E-state index contributed by atoms with van der Waals surface area (Å²) >= 11 is 0. The Kier molecular flexibility index (Phi) is 6.37. The Morgan fingerprint density at radius 1 is 1.24 bits per heavy atom. The van der Waals surface area contributed by atoms with Gasteiger partial charge in [0.25, 0.3) is 0 Å². The Morgan fingerprint density at radius 3 is 2.59 bits per heavy atom. The topological polar surface area (TPSA) is 43.1 Å². The fourth-order valence-corrected chi connectivity index (χ4v) is 2.90. The van der Waals surface area contributed by atoms with Crippen LogP contribution in [-0.2, 0) is 23.1 Å². The van der Waals surface area contributed by atoms with E-state index in [9.17, 15) is 8.60 Å². The third kappa shape index (κ3) is 5.41. The van der Waals surface area contributed by atoms with Crippen LogP contribution in [0.4, 0.5) is 4.39 Å². The van der Waals surface area contributed by atoms with Crippen molar-refractivity contribution >= 4 is 10.8 Å². The standard InChI is InChI=1S/C13H20FNOS/c1-2-3-4-5-17(16)10-12-6-11(9-15)7-13(14)8-12/h6-8H,2-5,9-10,15H2,1H3. The molecule has 4 heteroatoms. The van der Waals surface area contributed by atoms with Crippen molar-refractivity contribution in [3.8, 4) is 0 Å². The number of unbranched alkanes of at least 4 members (excludes halogenated alkanes) is 2. The second-order valence-corrected chi connectivity index (χ2v) is 5.74. The SMILES string of the molecule is CCCCCS(=O)Cc1cc(F)cc(CN)c1.